The van der Waals surface area contributed by atoms with Crippen LogP contribution in [0.25, 0.3) is 0 Å². The molecule has 0 aliphatic rings. The van der Waals surface area contributed by atoms with E-state index in [0.29, 0.717) is 22.1 Å². The van der Waals surface area contributed by atoms with Crippen molar-refractivity contribution in [3.05, 3.63) is 76.7 Å². The number of benzene rings is 2. The summed E-state index contributed by atoms with van der Waals surface area (Å²) in [4.78, 5) is 20.6. The molecular weight excluding hydrogens is 350 g/mol. The number of carbonyl (C=O) groups excluding carboxylic acids is 1. The van der Waals surface area contributed by atoms with E-state index in [1.807, 2.05) is 25.1 Å². The Morgan fingerprint density at radius 3 is 2.69 bits per heavy atom. The molecule has 2 N–H and O–H groups in total. The molecule has 0 atom stereocenters. The maximum atomic E-state index is 12.4. The van der Waals surface area contributed by atoms with Crippen LogP contribution in [0.2, 0.25) is 5.02 Å². The number of rotatable bonds is 4. The lowest BCUT2D eigenvalue weighted by molar-refractivity contribution is 0.102. The first-order chi connectivity index (χ1) is 12.6. The van der Waals surface area contributed by atoms with Gasteiger partial charge in [0, 0.05) is 16.8 Å². The van der Waals surface area contributed by atoms with Crippen LogP contribution < -0.4 is 10.6 Å². The Balaban J connectivity index is 1.82. The van der Waals surface area contributed by atoms with Gasteiger partial charge in [-0.3, -0.25) is 4.79 Å². The molecule has 1 amide bonds. The SMILES string of the molecule is Cc1c(Cl)cccc1Nc1cc(C(=O)Nc2ccccc2C#N)ncn1. The van der Waals surface area contributed by atoms with Crippen LogP contribution in [-0.4, -0.2) is 15.9 Å². The van der Waals surface area contributed by atoms with Crippen molar-refractivity contribution in [2.75, 3.05) is 10.6 Å². The summed E-state index contributed by atoms with van der Waals surface area (Å²) >= 11 is 6.12. The van der Waals surface area contributed by atoms with E-state index in [4.69, 9.17) is 16.9 Å². The quantitative estimate of drug-likeness (QED) is 0.720. The van der Waals surface area contributed by atoms with Gasteiger partial charge in [-0.1, -0.05) is 29.8 Å². The Labute approximate surface area is 155 Å². The first-order valence-corrected chi connectivity index (χ1v) is 8.11. The van der Waals surface area contributed by atoms with Gasteiger partial charge in [-0.15, -0.1) is 0 Å². The van der Waals surface area contributed by atoms with Crippen molar-refractivity contribution < 1.29 is 4.79 Å². The summed E-state index contributed by atoms with van der Waals surface area (Å²) in [5, 5.41) is 15.6. The van der Waals surface area contributed by atoms with Crippen molar-refractivity contribution in [2.24, 2.45) is 0 Å². The Morgan fingerprint density at radius 2 is 1.88 bits per heavy atom. The predicted octanol–water partition coefficient (Wildman–Crippen LogP) is 4.31. The van der Waals surface area contributed by atoms with E-state index in [1.54, 1.807) is 30.3 Å². The molecule has 0 bridgehead atoms. The van der Waals surface area contributed by atoms with E-state index in [9.17, 15) is 4.79 Å². The highest BCUT2D eigenvalue weighted by molar-refractivity contribution is 6.31. The monoisotopic (exact) mass is 363 g/mol. The van der Waals surface area contributed by atoms with Crippen LogP contribution in [-0.2, 0) is 0 Å². The number of nitrogens with one attached hydrogen (secondary N) is 2. The minimum absolute atomic E-state index is 0.176. The maximum Gasteiger partial charge on any atom is 0.274 e. The average Bonchev–Trinajstić information content (AvgIpc) is 2.66. The molecule has 128 valence electrons. The molecule has 0 radical (unpaired) electrons. The highest BCUT2D eigenvalue weighted by Crippen LogP contribution is 2.25. The standard InChI is InChI=1S/C19H14ClN5O/c1-12-14(20)6-4-8-15(12)24-18-9-17(22-11-23-18)19(26)25-16-7-3-2-5-13(16)10-21/h2-9,11H,1H3,(H,25,26)(H,22,23,24). The van der Waals surface area contributed by atoms with Crippen LogP contribution in [0.4, 0.5) is 17.2 Å². The van der Waals surface area contributed by atoms with Crippen molar-refractivity contribution in [3.63, 3.8) is 0 Å². The number of aromatic nitrogens is 2. The molecule has 1 aromatic heterocycles. The van der Waals surface area contributed by atoms with Crippen molar-refractivity contribution in [3.8, 4) is 6.07 Å². The average molecular weight is 364 g/mol. The Morgan fingerprint density at radius 1 is 1.12 bits per heavy atom. The summed E-state index contributed by atoms with van der Waals surface area (Å²) in [5.74, 6) is 0.0325. The fourth-order valence-electron chi connectivity index (χ4n) is 2.31. The van der Waals surface area contributed by atoms with Crippen LogP contribution >= 0.6 is 11.6 Å². The van der Waals surface area contributed by atoms with Gasteiger partial charge in [0.1, 0.15) is 23.9 Å². The van der Waals surface area contributed by atoms with Crippen molar-refractivity contribution >= 4 is 34.7 Å². The molecule has 0 aliphatic carbocycles. The van der Waals surface area contributed by atoms with E-state index in [1.165, 1.54) is 12.4 Å². The van der Waals surface area contributed by atoms with Gasteiger partial charge in [0.05, 0.1) is 11.3 Å². The molecule has 0 unspecified atom stereocenters. The van der Waals surface area contributed by atoms with Gasteiger partial charge in [0.2, 0.25) is 0 Å². The summed E-state index contributed by atoms with van der Waals surface area (Å²) in [6, 6.07) is 15.8. The number of nitrogens with zero attached hydrogens (tertiary/aromatic N) is 3. The minimum Gasteiger partial charge on any atom is -0.340 e. The van der Waals surface area contributed by atoms with E-state index < -0.39 is 5.91 Å². The van der Waals surface area contributed by atoms with Gasteiger partial charge in [-0.05, 0) is 36.8 Å². The zero-order valence-corrected chi connectivity index (χ0v) is 14.6. The molecule has 0 fully saturated rings. The number of carbonyl (C=O) groups is 1. The number of hydrogen-bond donors (Lipinski definition) is 2. The lowest BCUT2D eigenvalue weighted by atomic mass is 10.2. The topological polar surface area (TPSA) is 90.7 Å². The zero-order valence-electron chi connectivity index (χ0n) is 13.8. The third kappa shape index (κ3) is 3.79. The van der Waals surface area contributed by atoms with Crippen LogP contribution in [0.15, 0.2) is 54.9 Å². The molecule has 3 aromatic rings. The fourth-order valence-corrected chi connectivity index (χ4v) is 2.48. The van der Waals surface area contributed by atoms with Crippen LogP contribution in [0, 0.1) is 18.3 Å². The van der Waals surface area contributed by atoms with Crippen molar-refractivity contribution in [1.29, 1.82) is 5.26 Å². The van der Waals surface area contributed by atoms with E-state index >= 15 is 0 Å². The molecule has 1 heterocycles. The summed E-state index contributed by atoms with van der Waals surface area (Å²) in [7, 11) is 0. The summed E-state index contributed by atoms with van der Waals surface area (Å²) < 4.78 is 0. The number of halogens is 1. The van der Waals surface area contributed by atoms with Crippen molar-refractivity contribution in [1.82, 2.24) is 9.97 Å². The molecule has 0 saturated heterocycles. The summed E-state index contributed by atoms with van der Waals surface area (Å²) in [6.07, 6.45) is 1.30. The van der Waals surface area contributed by atoms with Gasteiger partial charge in [-0.25, -0.2) is 9.97 Å². The molecule has 0 aliphatic heterocycles. The first kappa shape index (κ1) is 17.4. The summed E-state index contributed by atoms with van der Waals surface area (Å²) in [5.41, 5.74) is 2.65. The number of amides is 1. The molecular formula is C19H14ClN5O. The molecule has 2 aromatic carbocycles. The molecule has 7 heteroatoms. The normalized spacial score (nSPS) is 10.0. The van der Waals surface area contributed by atoms with E-state index in [0.717, 1.165) is 11.3 Å². The highest BCUT2D eigenvalue weighted by atomic mass is 35.5. The number of para-hydroxylation sites is 1. The second-order valence-electron chi connectivity index (χ2n) is 5.44. The third-order valence-electron chi connectivity index (χ3n) is 3.73. The van der Waals surface area contributed by atoms with Crippen LogP contribution in [0.5, 0.6) is 0 Å². The van der Waals surface area contributed by atoms with E-state index in [-0.39, 0.29) is 5.69 Å². The Bertz CT molecular complexity index is 1010. The fraction of sp³-hybridized carbons (Fsp3) is 0.0526. The third-order valence-corrected chi connectivity index (χ3v) is 4.14. The van der Waals surface area contributed by atoms with Crippen LogP contribution in [0.3, 0.4) is 0 Å². The maximum absolute atomic E-state index is 12.4. The minimum atomic E-state index is -0.430. The smallest absolute Gasteiger partial charge is 0.274 e. The lowest BCUT2D eigenvalue weighted by Crippen LogP contribution is -2.15. The molecule has 0 spiro atoms. The number of hydrogen-bond acceptors (Lipinski definition) is 5. The van der Waals surface area contributed by atoms with Gasteiger partial charge in [-0.2, -0.15) is 5.26 Å². The van der Waals surface area contributed by atoms with E-state index in [2.05, 4.69) is 20.6 Å². The second-order valence-corrected chi connectivity index (χ2v) is 5.84. The number of anilines is 3. The highest BCUT2D eigenvalue weighted by Gasteiger charge is 2.12. The van der Waals surface area contributed by atoms with Crippen molar-refractivity contribution in [2.45, 2.75) is 6.92 Å². The molecule has 26 heavy (non-hydrogen) atoms. The molecule has 6 nitrogen and oxygen atoms in total. The Hall–Kier alpha value is -3.43. The Kier molecular flexibility index (Phi) is 5.11. The van der Waals surface area contributed by atoms with Gasteiger partial charge < -0.3 is 10.6 Å². The largest absolute Gasteiger partial charge is 0.340 e. The van der Waals surface area contributed by atoms with Gasteiger partial charge in [0.25, 0.3) is 5.91 Å². The lowest BCUT2D eigenvalue weighted by Gasteiger charge is -2.11. The summed E-state index contributed by atoms with van der Waals surface area (Å²) in [6.45, 7) is 1.89. The van der Waals surface area contributed by atoms with Gasteiger partial charge >= 0.3 is 0 Å². The molecule has 3 rings (SSSR count). The van der Waals surface area contributed by atoms with Crippen LogP contribution in [0.1, 0.15) is 21.6 Å². The predicted molar refractivity (Wildman–Crippen MR) is 101 cm³/mol. The molecule has 0 saturated carbocycles. The first-order valence-electron chi connectivity index (χ1n) is 7.73. The number of nitriles is 1. The second kappa shape index (κ2) is 7.64. The van der Waals surface area contributed by atoms with Gasteiger partial charge in [0.15, 0.2) is 0 Å². The zero-order chi connectivity index (χ0) is 18.5.